The second-order valence-electron chi connectivity index (χ2n) is 8.06. The lowest BCUT2D eigenvalue weighted by Gasteiger charge is -2.35. The lowest BCUT2D eigenvalue weighted by Crippen LogP contribution is -2.26. The average Bonchev–Trinajstić information content (AvgIpc) is 2.90. The monoisotopic (exact) mass is 454 g/mol. The van der Waals surface area contributed by atoms with Gasteiger partial charge in [-0.3, -0.25) is 4.79 Å². The van der Waals surface area contributed by atoms with Crippen molar-refractivity contribution in [2.75, 3.05) is 12.0 Å². The van der Waals surface area contributed by atoms with Crippen molar-refractivity contribution >= 4 is 27.7 Å². The highest BCUT2D eigenvalue weighted by Gasteiger charge is 2.34. The van der Waals surface area contributed by atoms with Gasteiger partial charge in [0.1, 0.15) is 5.56 Å². The molecule has 0 N–H and O–H groups in total. The van der Waals surface area contributed by atoms with Gasteiger partial charge in [0.25, 0.3) is 0 Å². The first-order valence-corrected chi connectivity index (χ1v) is 12.1. The Morgan fingerprint density at radius 2 is 1.83 bits per heavy atom. The summed E-state index contributed by atoms with van der Waals surface area (Å²) in [5.74, 6) is 0.745. The summed E-state index contributed by atoms with van der Waals surface area (Å²) >= 11 is 1.83. The number of aryl methyl sites for hydroxylation is 3. The summed E-state index contributed by atoms with van der Waals surface area (Å²) < 4.78 is 29.8. The van der Waals surface area contributed by atoms with Crippen molar-refractivity contribution in [2.24, 2.45) is 7.05 Å². The largest absolute Gasteiger partial charge is 0.361 e. The molecule has 0 atom stereocenters. The third-order valence-corrected chi connectivity index (χ3v) is 6.93. The predicted octanol–water partition coefficient (Wildman–Crippen LogP) is 3.76. The van der Waals surface area contributed by atoms with Gasteiger partial charge in [-0.2, -0.15) is 13.5 Å². The summed E-state index contributed by atoms with van der Waals surface area (Å²) in [4.78, 5) is 28.8. The maximum Gasteiger partial charge on any atom is 0.307 e. The van der Waals surface area contributed by atoms with E-state index in [1.165, 1.54) is 15.1 Å². The number of hydrogen-bond donors (Lipinski definition) is 0. The smallest absolute Gasteiger partial charge is 0.307 e. The van der Waals surface area contributed by atoms with Crippen molar-refractivity contribution in [3.05, 3.63) is 49.5 Å². The number of carbonyl (C=O) groups excluding carboxylic acids is 1. The van der Waals surface area contributed by atoms with Crippen molar-refractivity contribution < 1.29 is 17.4 Å². The van der Waals surface area contributed by atoms with E-state index in [0.717, 1.165) is 29.6 Å². The minimum absolute atomic E-state index is 0.0260. The Morgan fingerprint density at radius 3 is 2.40 bits per heavy atom. The molecule has 3 rings (SSSR count). The highest BCUT2D eigenvalue weighted by molar-refractivity contribution is 7.99. The molecule has 1 aliphatic heterocycles. The van der Waals surface area contributed by atoms with Crippen LogP contribution in [0.3, 0.4) is 0 Å². The third-order valence-electron chi connectivity index (χ3n) is 5.25. The van der Waals surface area contributed by atoms with Crippen LogP contribution in [0.5, 0.6) is 5.88 Å². The fraction of sp³-hybridized carbons (Fsp3) is 0.500. The van der Waals surface area contributed by atoms with Gasteiger partial charge in [0.2, 0.25) is 11.7 Å². The summed E-state index contributed by atoms with van der Waals surface area (Å²) in [5, 5.41) is 4.21. The number of rotatable bonds is 4. The molecule has 1 aromatic heterocycles. The van der Waals surface area contributed by atoms with Crippen molar-refractivity contribution in [3.63, 3.8) is 0 Å². The summed E-state index contributed by atoms with van der Waals surface area (Å²) in [6.07, 6.45) is 1.99. The van der Waals surface area contributed by atoms with Crippen LogP contribution in [0.1, 0.15) is 58.6 Å². The molecular weight excluding hydrogens is 428 g/mol. The Labute approximate surface area is 180 Å². The number of nitrogens with zero attached hydrogens (tertiary/aromatic N) is 2. The van der Waals surface area contributed by atoms with Crippen LogP contribution >= 0.6 is 11.8 Å². The van der Waals surface area contributed by atoms with Gasteiger partial charge < -0.3 is 4.18 Å². The molecular formula is C20H26N2O6S2. The van der Waals surface area contributed by atoms with E-state index < -0.39 is 10.1 Å². The zero-order chi connectivity index (χ0) is 23.0. The first kappa shape index (κ1) is 24.1. The Hall–Kier alpha value is -2.20. The molecule has 10 heteroatoms. The van der Waals surface area contributed by atoms with E-state index in [1.54, 1.807) is 14.0 Å². The van der Waals surface area contributed by atoms with Crippen LogP contribution in [-0.2, 0) is 22.6 Å². The molecule has 0 bridgehead atoms. The van der Waals surface area contributed by atoms with Gasteiger partial charge in [-0.05, 0) is 61.1 Å². The van der Waals surface area contributed by atoms with E-state index in [0.29, 0.717) is 11.3 Å². The van der Waals surface area contributed by atoms with Crippen LogP contribution in [0.25, 0.3) is 0 Å². The van der Waals surface area contributed by atoms with Crippen LogP contribution in [-0.4, -0.2) is 36.0 Å². The molecule has 0 spiro atoms. The SMILES string of the molecule is Cc1cc(C(=O)c2c(C)nn(C)c2OS(C)(=O)=O)c(C)c2c1SCCC2(C)C.O=O. The Balaban J connectivity index is 0.00000155. The van der Waals surface area contributed by atoms with E-state index in [2.05, 4.69) is 18.9 Å². The van der Waals surface area contributed by atoms with Gasteiger partial charge >= 0.3 is 10.1 Å². The number of carbonyl (C=O) groups is 1. The predicted molar refractivity (Wildman–Crippen MR) is 118 cm³/mol. The van der Waals surface area contributed by atoms with Crippen LogP contribution in [0, 0.1) is 30.7 Å². The number of benzene rings is 1. The number of aromatic nitrogens is 2. The zero-order valence-electron chi connectivity index (χ0n) is 18.2. The van der Waals surface area contributed by atoms with Gasteiger partial charge in [0.15, 0.2) is 0 Å². The van der Waals surface area contributed by atoms with Crippen LogP contribution in [0.4, 0.5) is 0 Å². The number of fused-ring (bicyclic) bond motifs is 1. The van der Waals surface area contributed by atoms with E-state index >= 15 is 0 Å². The summed E-state index contributed by atoms with van der Waals surface area (Å²) in [6, 6.07) is 1.90. The summed E-state index contributed by atoms with van der Waals surface area (Å²) in [6.45, 7) is 10.1. The highest BCUT2D eigenvalue weighted by Crippen LogP contribution is 2.46. The number of ketones is 1. The van der Waals surface area contributed by atoms with E-state index in [4.69, 9.17) is 14.1 Å². The normalized spacial score (nSPS) is 15.0. The molecule has 1 aromatic carbocycles. The van der Waals surface area contributed by atoms with Crippen molar-refractivity contribution in [3.8, 4) is 5.88 Å². The summed E-state index contributed by atoms with van der Waals surface area (Å²) in [5.41, 5.74) is 4.39. The zero-order valence-corrected chi connectivity index (χ0v) is 19.8. The Bertz CT molecular complexity index is 1100. The number of hydrogen-bond acceptors (Lipinski definition) is 8. The molecule has 0 amide bonds. The second-order valence-corrected chi connectivity index (χ2v) is 10.7. The molecule has 0 radical (unpaired) electrons. The van der Waals surface area contributed by atoms with E-state index in [1.807, 2.05) is 31.7 Å². The first-order valence-electron chi connectivity index (χ1n) is 9.25. The third kappa shape index (κ3) is 4.44. The van der Waals surface area contributed by atoms with Gasteiger partial charge in [-0.1, -0.05) is 13.8 Å². The molecule has 30 heavy (non-hydrogen) atoms. The van der Waals surface area contributed by atoms with Gasteiger partial charge in [-0.25, -0.2) is 4.68 Å². The van der Waals surface area contributed by atoms with Crippen LogP contribution in [0.2, 0.25) is 0 Å². The van der Waals surface area contributed by atoms with Gasteiger partial charge in [0.05, 0.1) is 11.9 Å². The van der Waals surface area contributed by atoms with Crippen molar-refractivity contribution in [1.82, 2.24) is 9.78 Å². The number of thioether (sulfide) groups is 1. The first-order chi connectivity index (χ1) is 13.8. The average molecular weight is 455 g/mol. The highest BCUT2D eigenvalue weighted by atomic mass is 32.2. The fourth-order valence-corrected chi connectivity index (χ4v) is 6.09. The molecule has 1 aliphatic rings. The van der Waals surface area contributed by atoms with Gasteiger partial charge in [0, 0.05) is 27.4 Å². The molecule has 8 nitrogen and oxygen atoms in total. The molecule has 0 aliphatic carbocycles. The topological polar surface area (TPSA) is 112 Å². The van der Waals surface area contributed by atoms with Crippen LogP contribution in [0.15, 0.2) is 11.0 Å². The van der Waals surface area contributed by atoms with Crippen molar-refractivity contribution in [1.29, 1.82) is 0 Å². The molecule has 0 fully saturated rings. The minimum Gasteiger partial charge on any atom is -0.361 e. The minimum atomic E-state index is -3.79. The van der Waals surface area contributed by atoms with E-state index in [-0.39, 0.29) is 22.6 Å². The van der Waals surface area contributed by atoms with Crippen LogP contribution < -0.4 is 4.18 Å². The Kier molecular flexibility index (Phi) is 6.82. The fourth-order valence-electron chi connectivity index (χ4n) is 3.93. The molecule has 0 saturated carbocycles. The lowest BCUT2D eigenvalue weighted by molar-refractivity contribution is 0.103. The van der Waals surface area contributed by atoms with Crippen molar-refractivity contribution in [2.45, 2.75) is 51.3 Å². The maximum atomic E-state index is 13.5. The molecule has 164 valence electrons. The Morgan fingerprint density at radius 1 is 1.23 bits per heavy atom. The molecule has 0 saturated heterocycles. The maximum absolute atomic E-state index is 13.5. The van der Waals surface area contributed by atoms with Gasteiger partial charge in [-0.15, -0.1) is 11.8 Å². The molecule has 2 heterocycles. The lowest BCUT2D eigenvalue weighted by atomic mass is 9.76. The summed E-state index contributed by atoms with van der Waals surface area (Å²) in [7, 11) is -2.23. The second kappa shape index (κ2) is 8.50. The van der Waals surface area contributed by atoms with E-state index in [9.17, 15) is 13.2 Å². The quantitative estimate of drug-likeness (QED) is 0.507. The molecule has 0 unspecified atom stereocenters. The molecule has 2 aromatic rings. The standard InChI is InChI=1S/C20H26N2O4S2.O2/c1-11-10-14(12(2)16-18(11)27-9-8-20(16,4)5)17(23)15-13(3)21-22(6)19(15)26-28(7,24)25;1-2/h10H,8-9H2,1-7H3;.